The number of aromatic nitrogens is 2. The average Bonchev–Trinajstić information content (AvgIpc) is 2.66. The normalized spacial score (nSPS) is 12.8. The Morgan fingerprint density at radius 2 is 2.12 bits per heavy atom. The third kappa shape index (κ3) is 2.34. The molecule has 1 aromatic heterocycles. The Labute approximate surface area is 106 Å². The summed E-state index contributed by atoms with van der Waals surface area (Å²) in [6.45, 7) is 1.80. The van der Waals surface area contributed by atoms with E-state index in [0.29, 0.717) is 20.6 Å². The molecule has 0 amide bonds. The van der Waals surface area contributed by atoms with Gasteiger partial charge in [-0.1, -0.05) is 22.9 Å². The Kier molecular flexibility index (Phi) is 3.42. The van der Waals surface area contributed by atoms with Crippen LogP contribution >= 0.6 is 34.5 Å². The molecule has 0 radical (unpaired) electrons. The molecule has 84 valence electrons. The third-order valence-electron chi connectivity index (χ3n) is 1.94. The monoisotopic (exact) mass is 276 g/mol. The summed E-state index contributed by atoms with van der Waals surface area (Å²) in [5.41, 5.74) is 0.394. The topological polar surface area (TPSA) is 25.8 Å². The lowest BCUT2D eigenvalue weighted by Gasteiger charge is -1.98. The lowest BCUT2D eigenvalue weighted by atomic mass is 10.2. The molecule has 0 aliphatic rings. The first kappa shape index (κ1) is 11.8. The summed E-state index contributed by atoms with van der Waals surface area (Å²) >= 11 is 12.8. The van der Waals surface area contributed by atoms with E-state index in [1.807, 2.05) is 0 Å². The van der Waals surface area contributed by atoms with E-state index in [2.05, 4.69) is 10.2 Å². The largest absolute Gasteiger partial charge is 0.206 e. The zero-order valence-electron chi connectivity index (χ0n) is 8.25. The van der Waals surface area contributed by atoms with Gasteiger partial charge in [-0.3, -0.25) is 0 Å². The second-order valence-electron chi connectivity index (χ2n) is 3.19. The van der Waals surface area contributed by atoms with Crippen LogP contribution in [0.5, 0.6) is 0 Å². The van der Waals surface area contributed by atoms with Gasteiger partial charge in [0.25, 0.3) is 0 Å². The summed E-state index contributed by atoms with van der Waals surface area (Å²) in [7, 11) is 0. The van der Waals surface area contributed by atoms with Gasteiger partial charge in [0.05, 0.1) is 5.38 Å². The van der Waals surface area contributed by atoms with Crippen molar-refractivity contribution < 1.29 is 4.39 Å². The summed E-state index contributed by atoms with van der Waals surface area (Å²) in [5.74, 6) is -0.405. The molecule has 2 nitrogen and oxygen atoms in total. The van der Waals surface area contributed by atoms with Crippen LogP contribution in [0.4, 0.5) is 4.39 Å². The van der Waals surface area contributed by atoms with Gasteiger partial charge in [0.2, 0.25) is 0 Å². The lowest BCUT2D eigenvalue weighted by Crippen LogP contribution is -1.83. The molecule has 0 fully saturated rings. The van der Waals surface area contributed by atoms with Crippen LogP contribution in [0.25, 0.3) is 10.6 Å². The van der Waals surface area contributed by atoms with Gasteiger partial charge in [0.15, 0.2) is 5.01 Å². The fourth-order valence-corrected chi connectivity index (χ4v) is 2.30. The number of nitrogens with zero attached hydrogens (tertiary/aromatic N) is 2. The molecule has 6 heteroatoms. The van der Waals surface area contributed by atoms with Crippen molar-refractivity contribution in [1.82, 2.24) is 10.2 Å². The molecule has 1 unspecified atom stereocenters. The third-order valence-corrected chi connectivity index (χ3v) is 3.65. The van der Waals surface area contributed by atoms with Crippen LogP contribution in [0.1, 0.15) is 17.3 Å². The van der Waals surface area contributed by atoms with E-state index in [0.717, 1.165) is 0 Å². The molecule has 1 heterocycles. The van der Waals surface area contributed by atoms with Crippen molar-refractivity contribution in [3.8, 4) is 10.6 Å². The number of rotatable bonds is 2. The van der Waals surface area contributed by atoms with Crippen LogP contribution in [0, 0.1) is 5.82 Å². The summed E-state index contributed by atoms with van der Waals surface area (Å²) in [6.07, 6.45) is 0. The molecule has 2 rings (SSSR count). The standard InChI is InChI=1S/C10H7Cl2FN2S/c1-5(11)9-14-15-10(16-9)7-3-2-6(12)4-8(7)13/h2-5H,1H3. The zero-order valence-corrected chi connectivity index (χ0v) is 10.6. The second kappa shape index (κ2) is 4.65. The number of halogens is 3. The molecule has 0 N–H and O–H groups in total. The molecule has 2 aromatic rings. The molecule has 0 spiro atoms. The van der Waals surface area contributed by atoms with Crippen molar-refractivity contribution in [3.05, 3.63) is 34.0 Å². The van der Waals surface area contributed by atoms with Gasteiger partial charge in [-0.25, -0.2) is 4.39 Å². The van der Waals surface area contributed by atoms with E-state index in [9.17, 15) is 4.39 Å². The summed E-state index contributed by atoms with van der Waals surface area (Å²) in [5, 5.41) is 9.11. The number of hydrogen-bond acceptors (Lipinski definition) is 3. The minimum atomic E-state index is -0.405. The van der Waals surface area contributed by atoms with Crippen LogP contribution in [-0.4, -0.2) is 10.2 Å². The first-order chi connectivity index (χ1) is 7.58. The molecule has 0 saturated carbocycles. The van der Waals surface area contributed by atoms with Crippen molar-refractivity contribution in [2.24, 2.45) is 0 Å². The van der Waals surface area contributed by atoms with Crippen LogP contribution in [0.2, 0.25) is 5.02 Å². The maximum atomic E-state index is 13.6. The van der Waals surface area contributed by atoms with Crippen LogP contribution in [-0.2, 0) is 0 Å². The summed E-state index contributed by atoms with van der Waals surface area (Å²) < 4.78 is 13.6. The average molecular weight is 277 g/mol. The van der Waals surface area contributed by atoms with E-state index in [1.54, 1.807) is 19.1 Å². The highest BCUT2D eigenvalue weighted by Gasteiger charge is 2.13. The predicted molar refractivity (Wildman–Crippen MR) is 64.6 cm³/mol. The van der Waals surface area contributed by atoms with Gasteiger partial charge in [0, 0.05) is 10.6 Å². The minimum absolute atomic E-state index is 0.221. The first-order valence-electron chi connectivity index (χ1n) is 4.51. The quantitative estimate of drug-likeness (QED) is 0.765. The number of benzene rings is 1. The van der Waals surface area contributed by atoms with E-state index in [-0.39, 0.29) is 5.38 Å². The molecule has 0 saturated heterocycles. The van der Waals surface area contributed by atoms with E-state index < -0.39 is 5.82 Å². The van der Waals surface area contributed by atoms with Gasteiger partial charge in [0.1, 0.15) is 10.8 Å². The summed E-state index contributed by atoms with van der Waals surface area (Å²) in [6, 6.07) is 4.45. The molecule has 0 aliphatic carbocycles. The molecule has 1 aromatic carbocycles. The van der Waals surface area contributed by atoms with Crippen LogP contribution < -0.4 is 0 Å². The highest BCUT2D eigenvalue weighted by atomic mass is 35.5. The molecule has 0 bridgehead atoms. The van der Waals surface area contributed by atoms with Crippen LogP contribution in [0.15, 0.2) is 18.2 Å². The maximum Gasteiger partial charge on any atom is 0.150 e. The zero-order chi connectivity index (χ0) is 11.7. The first-order valence-corrected chi connectivity index (χ1v) is 6.14. The van der Waals surface area contributed by atoms with Crippen molar-refractivity contribution in [3.63, 3.8) is 0 Å². The molecular weight excluding hydrogens is 270 g/mol. The summed E-state index contributed by atoms with van der Waals surface area (Å²) in [4.78, 5) is 0. The van der Waals surface area contributed by atoms with Crippen molar-refractivity contribution in [2.45, 2.75) is 12.3 Å². The van der Waals surface area contributed by atoms with Gasteiger partial charge in [-0.15, -0.1) is 21.8 Å². The number of hydrogen-bond donors (Lipinski definition) is 0. The van der Waals surface area contributed by atoms with Crippen molar-refractivity contribution in [2.75, 3.05) is 0 Å². The van der Waals surface area contributed by atoms with Gasteiger partial charge in [-0.05, 0) is 25.1 Å². The van der Waals surface area contributed by atoms with Gasteiger partial charge in [-0.2, -0.15) is 0 Å². The van der Waals surface area contributed by atoms with Crippen molar-refractivity contribution >= 4 is 34.5 Å². The Balaban J connectivity index is 2.42. The van der Waals surface area contributed by atoms with Crippen molar-refractivity contribution in [1.29, 1.82) is 0 Å². The molecular formula is C10H7Cl2FN2S. The maximum absolute atomic E-state index is 13.6. The Hall–Kier alpha value is -0.710. The minimum Gasteiger partial charge on any atom is -0.206 e. The SMILES string of the molecule is CC(Cl)c1nnc(-c2ccc(Cl)cc2F)s1. The van der Waals surface area contributed by atoms with Crippen LogP contribution in [0.3, 0.4) is 0 Å². The Bertz CT molecular complexity index is 513. The van der Waals surface area contributed by atoms with Gasteiger partial charge < -0.3 is 0 Å². The molecule has 1 atom stereocenters. The molecule has 0 aliphatic heterocycles. The molecule has 16 heavy (non-hydrogen) atoms. The number of alkyl halides is 1. The van der Waals surface area contributed by atoms with E-state index in [4.69, 9.17) is 23.2 Å². The highest BCUT2D eigenvalue weighted by molar-refractivity contribution is 7.15. The smallest absolute Gasteiger partial charge is 0.150 e. The van der Waals surface area contributed by atoms with E-state index in [1.165, 1.54) is 17.4 Å². The Morgan fingerprint density at radius 1 is 1.38 bits per heavy atom. The lowest BCUT2D eigenvalue weighted by molar-refractivity contribution is 0.631. The fraction of sp³-hybridized carbons (Fsp3) is 0.200. The highest BCUT2D eigenvalue weighted by Crippen LogP contribution is 2.31. The van der Waals surface area contributed by atoms with E-state index >= 15 is 0 Å². The predicted octanol–water partition coefficient (Wildman–Crippen LogP) is 4.30. The van der Waals surface area contributed by atoms with Gasteiger partial charge >= 0.3 is 0 Å². The Morgan fingerprint density at radius 3 is 2.69 bits per heavy atom. The fourth-order valence-electron chi connectivity index (χ4n) is 1.17. The second-order valence-corrected chi connectivity index (χ2v) is 5.29.